The summed E-state index contributed by atoms with van der Waals surface area (Å²) >= 11 is 6.65. The zero-order valence-electron chi connectivity index (χ0n) is 8.47. The summed E-state index contributed by atoms with van der Waals surface area (Å²) in [6.45, 7) is 6.09. The number of nitrogens with two attached hydrogens (primary N) is 1. The molecule has 0 bridgehead atoms. The Labute approximate surface area is 107 Å². The van der Waals surface area contributed by atoms with Crippen molar-refractivity contribution in [1.82, 2.24) is 0 Å². The van der Waals surface area contributed by atoms with E-state index in [1.54, 1.807) is 0 Å². The highest BCUT2D eigenvalue weighted by Crippen LogP contribution is 2.28. The summed E-state index contributed by atoms with van der Waals surface area (Å²) < 4.78 is 7.36. The number of hydrogen-bond acceptors (Lipinski definition) is 2. The van der Waals surface area contributed by atoms with Crippen LogP contribution in [0.4, 0.5) is 0 Å². The van der Waals surface area contributed by atoms with Gasteiger partial charge in [-0.15, -0.1) is 0 Å². The molecule has 0 radical (unpaired) electrons. The van der Waals surface area contributed by atoms with Crippen molar-refractivity contribution < 1.29 is 4.74 Å². The molecule has 0 fully saturated rings. The SMILES string of the molecule is C=C(Br)COc1cc(Br)ccc1C(C)N. The molecule has 0 spiro atoms. The van der Waals surface area contributed by atoms with E-state index in [1.807, 2.05) is 25.1 Å². The van der Waals surface area contributed by atoms with Gasteiger partial charge < -0.3 is 10.5 Å². The minimum absolute atomic E-state index is 0.0447. The van der Waals surface area contributed by atoms with Crippen LogP contribution in [-0.4, -0.2) is 6.61 Å². The summed E-state index contributed by atoms with van der Waals surface area (Å²) in [7, 11) is 0. The van der Waals surface area contributed by atoms with Crippen LogP contribution < -0.4 is 10.5 Å². The number of hydrogen-bond donors (Lipinski definition) is 1. The lowest BCUT2D eigenvalue weighted by atomic mass is 10.1. The lowest BCUT2D eigenvalue weighted by molar-refractivity contribution is 0.354. The first kappa shape index (κ1) is 12.7. The van der Waals surface area contributed by atoms with Crippen molar-refractivity contribution in [2.24, 2.45) is 5.73 Å². The molecule has 1 unspecified atom stereocenters. The third-order valence-electron chi connectivity index (χ3n) is 1.85. The molecule has 1 rings (SSSR count). The van der Waals surface area contributed by atoms with Crippen LogP contribution in [-0.2, 0) is 0 Å². The lowest BCUT2D eigenvalue weighted by Gasteiger charge is -2.14. The van der Waals surface area contributed by atoms with E-state index in [1.165, 1.54) is 0 Å². The number of halogens is 2. The van der Waals surface area contributed by atoms with E-state index in [2.05, 4.69) is 38.4 Å². The zero-order chi connectivity index (χ0) is 11.4. The van der Waals surface area contributed by atoms with Crippen molar-refractivity contribution in [3.05, 3.63) is 39.3 Å². The van der Waals surface area contributed by atoms with Crippen LogP contribution in [0.5, 0.6) is 5.75 Å². The van der Waals surface area contributed by atoms with Crippen LogP contribution >= 0.6 is 31.9 Å². The molecule has 2 nitrogen and oxygen atoms in total. The summed E-state index contributed by atoms with van der Waals surface area (Å²) in [5, 5.41) is 0. The topological polar surface area (TPSA) is 35.2 Å². The Hall–Kier alpha value is -0.320. The first-order chi connectivity index (χ1) is 7.00. The lowest BCUT2D eigenvalue weighted by Crippen LogP contribution is -2.08. The van der Waals surface area contributed by atoms with Crippen molar-refractivity contribution in [3.8, 4) is 5.75 Å². The molecule has 0 amide bonds. The first-order valence-electron chi connectivity index (χ1n) is 4.52. The van der Waals surface area contributed by atoms with Crippen molar-refractivity contribution in [1.29, 1.82) is 0 Å². The fourth-order valence-electron chi connectivity index (χ4n) is 1.17. The molecule has 0 aliphatic carbocycles. The predicted molar refractivity (Wildman–Crippen MR) is 70.3 cm³/mol. The van der Waals surface area contributed by atoms with E-state index in [0.29, 0.717) is 6.61 Å². The van der Waals surface area contributed by atoms with Gasteiger partial charge in [-0.2, -0.15) is 0 Å². The second-order valence-electron chi connectivity index (χ2n) is 3.28. The normalized spacial score (nSPS) is 12.3. The molecule has 0 aliphatic rings. The van der Waals surface area contributed by atoms with Gasteiger partial charge >= 0.3 is 0 Å². The van der Waals surface area contributed by atoms with Crippen LogP contribution in [0.3, 0.4) is 0 Å². The van der Waals surface area contributed by atoms with E-state index in [0.717, 1.165) is 20.3 Å². The maximum absolute atomic E-state index is 5.84. The molecule has 0 saturated carbocycles. The zero-order valence-corrected chi connectivity index (χ0v) is 11.6. The minimum atomic E-state index is -0.0447. The minimum Gasteiger partial charge on any atom is -0.488 e. The highest BCUT2D eigenvalue weighted by atomic mass is 79.9. The summed E-state index contributed by atoms with van der Waals surface area (Å²) in [4.78, 5) is 0. The molecule has 0 aliphatic heterocycles. The third kappa shape index (κ3) is 3.97. The van der Waals surface area contributed by atoms with Gasteiger partial charge in [0.2, 0.25) is 0 Å². The van der Waals surface area contributed by atoms with E-state index in [9.17, 15) is 0 Å². The highest BCUT2D eigenvalue weighted by molar-refractivity contribution is 9.11. The van der Waals surface area contributed by atoms with Crippen molar-refractivity contribution >= 4 is 31.9 Å². The second-order valence-corrected chi connectivity index (χ2v) is 5.31. The Morgan fingerprint density at radius 2 is 2.27 bits per heavy atom. The molecule has 82 valence electrons. The monoisotopic (exact) mass is 333 g/mol. The van der Waals surface area contributed by atoms with Crippen LogP contribution in [0.25, 0.3) is 0 Å². The molecule has 4 heteroatoms. The second kappa shape index (κ2) is 5.68. The van der Waals surface area contributed by atoms with Crippen molar-refractivity contribution in [2.45, 2.75) is 13.0 Å². The number of benzene rings is 1. The van der Waals surface area contributed by atoms with E-state index in [4.69, 9.17) is 10.5 Å². The average molecular weight is 335 g/mol. The maximum atomic E-state index is 5.84. The Morgan fingerprint density at radius 3 is 2.80 bits per heavy atom. The van der Waals surface area contributed by atoms with Gasteiger partial charge in [-0.3, -0.25) is 0 Å². The van der Waals surface area contributed by atoms with Crippen LogP contribution in [0, 0.1) is 0 Å². The number of rotatable bonds is 4. The van der Waals surface area contributed by atoms with Gasteiger partial charge in [-0.1, -0.05) is 44.5 Å². The quantitative estimate of drug-likeness (QED) is 0.910. The maximum Gasteiger partial charge on any atom is 0.125 e. The van der Waals surface area contributed by atoms with Gasteiger partial charge in [0.25, 0.3) is 0 Å². The van der Waals surface area contributed by atoms with E-state index >= 15 is 0 Å². The van der Waals surface area contributed by atoms with Crippen LogP contribution in [0.15, 0.2) is 33.7 Å². The molecule has 1 aromatic carbocycles. The Morgan fingerprint density at radius 1 is 1.60 bits per heavy atom. The summed E-state index contributed by atoms with van der Waals surface area (Å²) in [5.41, 5.74) is 6.83. The van der Waals surface area contributed by atoms with Gasteiger partial charge in [0.05, 0.1) is 0 Å². The Bertz CT molecular complexity index is 364. The van der Waals surface area contributed by atoms with Gasteiger partial charge in [-0.25, -0.2) is 0 Å². The fourth-order valence-corrected chi connectivity index (χ4v) is 1.62. The molecule has 0 heterocycles. The first-order valence-corrected chi connectivity index (χ1v) is 6.10. The molecule has 15 heavy (non-hydrogen) atoms. The van der Waals surface area contributed by atoms with Gasteiger partial charge in [0.15, 0.2) is 0 Å². The Kier molecular flexibility index (Phi) is 4.83. The number of ether oxygens (including phenoxy) is 1. The third-order valence-corrected chi connectivity index (χ3v) is 2.57. The average Bonchev–Trinajstić information content (AvgIpc) is 2.14. The van der Waals surface area contributed by atoms with E-state index in [-0.39, 0.29) is 6.04 Å². The highest BCUT2D eigenvalue weighted by Gasteiger charge is 2.08. The smallest absolute Gasteiger partial charge is 0.125 e. The molecular formula is C11H13Br2NO. The van der Waals surface area contributed by atoms with E-state index < -0.39 is 0 Å². The van der Waals surface area contributed by atoms with Gasteiger partial charge in [-0.05, 0) is 19.1 Å². The fraction of sp³-hybridized carbons (Fsp3) is 0.273. The molecule has 0 saturated heterocycles. The van der Waals surface area contributed by atoms with Gasteiger partial charge in [0, 0.05) is 20.6 Å². The standard InChI is InChI=1S/C11H13Br2NO/c1-7(12)6-15-11-5-9(13)3-4-10(11)8(2)14/h3-5,8H,1,6,14H2,2H3. The largest absolute Gasteiger partial charge is 0.488 e. The summed E-state index contributed by atoms with van der Waals surface area (Å²) in [5.74, 6) is 0.792. The van der Waals surface area contributed by atoms with Crippen LogP contribution in [0.2, 0.25) is 0 Å². The summed E-state index contributed by atoms with van der Waals surface area (Å²) in [6.07, 6.45) is 0. The summed E-state index contributed by atoms with van der Waals surface area (Å²) in [6, 6.07) is 5.78. The van der Waals surface area contributed by atoms with Crippen molar-refractivity contribution in [3.63, 3.8) is 0 Å². The molecular weight excluding hydrogens is 322 g/mol. The molecule has 1 aromatic rings. The molecule has 1 atom stereocenters. The van der Waals surface area contributed by atoms with Crippen molar-refractivity contribution in [2.75, 3.05) is 6.61 Å². The molecule has 2 N–H and O–H groups in total. The predicted octanol–water partition coefficient (Wildman–Crippen LogP) is 3.76. The van der Waals surface area contributed by atoms with Gasteiger partial charge in [0.1, 0.15) is 12.4 Å². The Balaban J connectivity index is 2.91. The van der Waals surface area contributed by atoms with Crippen LogP contribution in [0.1, 0.15) is 18.5 Å². The molecule has 0 aromatic heterocycles.